The SMILES string of the molecule is O=C(NCCc1cccc(F)c1)C1CCCN(C(=O)N2CCCC2)C1. The molecule has 2 saturated heterocycles. The van der Waals surface area contributed by atoms with Crippen LogP contribution in [0.25, 0.3) is 0 Å². The van der Waals surface area contributed by atoms with E-state index in [0.717, 1.165) is 50.9 Å². The van der Waals surface area contributed by atoms with Gasteiger partial charge in [0.1, 0.15) is 5.82 Å². The molecule has 3 amide bonds. The van der Waals surface area contributed by atoms with E-state index in [1.54, 1.807) is 6.07 Å². The molecule has 2 heterocycles. The highest BCUT2D eigenvalue weighted by Crippen LogP contribution is 2.20. The van der Waals surface area contributed by atoms with Crippen LogP contribution in [0.2, 0.25) is 0 Å². The predicted molar refractivity (Wildman–Crippen MR) is 93.6 cm³/mol. The van der Waals surface area contributed by atoms with Crippen LogP contribution < -0.4 is 5.32 Å². The van der Waals surface area contributed by atoms with Crippen molar-refractivity contribution in [1.29, 1.82) is 0 Å². The second-order valence-corrected chi connectivity index (χ2v) is 6.93. The van der Waals surface area contributed by atoms with Gasteiger partial charge >= 0.3 is 6.03 Å². The molecule has 2 aliphatic heterocycles. The molecule has 5 nitrogen and oxygen atoms in total. The molecule has 25 heavy (non-hydrogen) atoms. The molecule has 1 unspecified atom stereocenters. The van der Waals surface area contributed by atoms with Gasteiger partial charge in [0.2, 0.25) is 5.91 Å². The van der Waals surface area contributed by atoms with Crippen molar-refractivity contribution in [3.8, 4) is 0 Å². The first-order chi connectivity index (χ1) is 12.1. The van der Waals surface area contributed by atoms with Crippen molar-refractivity contribution in [2.45, 2.75) is 32.1 Å². The average molecular weight is 347 g/mol. The average Bonchev–Trinajstić information content (AvgIpc) is 3.16. The second kappa shape index (κ2) is 8.32. The Labute approximate surface area is 148 Å². The maximum absolute atomic E-state index is 13.2. The number of hydrogen-bond donors (Lipinski definition) is 1. The van der Waals surface area contributed by atoms with Gasteiger partial charge < -0.3 is 15.1 Å². The predicted octanol–water partition coefficient (Wildman–Crippen LogP) is 2.41. The van der Waals surface area contributed by atoms with Crippen LogP contribution in [0.3, 0.4) is 0 Å². The second-order valence-electron chi connectivity index (χ2n) is 6.93. The van der Waals surface area contributed by atoms with Crippen molar-refractivity contribution >= 4 is 11.9 Å². The first-order valence-electron chi connectivity index (χ1n) is 9.19. The fraction of sp³-hybridized carbons (Fsp3) is 0.579. The van der Waals surface area contributed by atoms with E-state index in [-0.39, 0.29) is 23.7 Å². The fourth-order valence-electron chi connectivity index (χ4n) is 3.64. The molecule has 1 N–H and O–H groups in total. The Morgan fingerprint density at radius 2 is 1.88 bits per heavy atom. The number of urea groups is 1. The zero-order chi connectivity index (χ0) is 17.6. The highest BCUT2D eigenvalue weighted by molar-refractivity contribution is 5.81. The summed E-state index contributed by atoms with van der Waals surface area (Å²) in [4.78, 5) is 28.6. The lowest BCUT2D eigenvalue weighted by molar-refractivity contribution is -0.126. The smallest absolute Gasteiger partial charge is 0.320 e. The van der Waals surface area contributed by atoms with Crippen LogP contribution in [0.4, 0.5) is 9.18 Å². The van der Waals surface area contributed by atoms with Crippen molar-refractivity contribution in [3.05, 3.63) is 35.6 Å². The Morgan fingerprint density at radius 3 is 2.64 bits per heavy atom. The summed E-state index contributed by atoms with van der Waals surface area (Å²) in [6.07, 6.45) is 4.43. The van der Waals surface area contributed by atoms with Crippen LogP contribution in [0, 0.1) is 11.7 Å². The molecular formula is C19H26FN3O2. The van der Waals surface area contributed by atoms with Gasteiger partial charge in [-0.3, -0.25) is 4.79 Å². The minimum atomic E-state index is -0.257. The topological polar surface area (TPSA) is 52.7 Å². The van der Waals surface area contributed by atoms with E-state index in [9.17, 15) is 14.0 Å². The van der Waals surface area contributed by atoms with Gasteiger partial charge in [-0.05, 0) is 49.8 Å². The highest BCUT2D eigenvalue weighted by atomic mass is 19.1. The standard InChI is InChI=1S/C19H26FN3O2/c20-17-7-3-5-15(13-17)8-9-21-18(24)16-6-4-12-23(14-16)19(25)22-10-1-2-11-22/h3,5,7,13,16H,1-2,4,6,8-12,14H2,(H,21,24). The van der Waals surface area contributed by atoms with Crippen LogP contribution in [0.15, 0.2) is 24.3 Å². The minimum Gasteiger partial charge on any atom is -0.355 e. The number of carbonyl (C=O) groups excluding carboxylic acids is 2. The summed E-state index contributed by atoms with van der Waals surface area (Å²) in [6, 6.07) is 6.51. The maximum atomic E-state index is 13.2. The maximum Gasteiger partial charge on any atom is 0.320 e. The molecule has 0 saturated carbocycles. The number of nitrogens with one attached hydrogen (secondary N) is 1. The first-order valence-corrected chi connectivity index (χ1v) is 9.19. The van der Waals surface area contributed by atoms with Crippen molar-refractivity contribution < 1.29 is 14.0 Å². The highest BCUT2D eigenvalue weighted by Gasteiger charge is 2.31. The summed E-state index contributed by atoms with van der Waals surface area (Å²) < 4.78 is 13.2. The number of piperidine rings is 1. The zero-order valence-electron chi connectivity index (χ0n) is 14.5. The van der Waals surface area contributed by atoms with Crippen LogP contribution in [-0.4, -0.2) is 54.5 Å². The van der Waals surface area contributed by atoms with Crippen molar-refractivity contribution in [2.24, 2.45) is 5.92 Å². The molecule has 0 aromatic heterocycles. The van der Waals surface area contributed by atoms with E-state index < -0.39 is 0 Å². The van der Waals surface area contributed by atoms with E-state index in [2.05, 4.69) is 5.32 Å². The van der Waals surface area contributed by atoms with Gasteiger partial charge in [-0.25, -0.2) is 9.18 Å². The Balaban J connectivity index is 1.45. The largest absolute Gasteiger partial charge is 0.355 e. The van der Waals surface area contributed by atoms with Crippen LogP contribution in [0.5, 0.6) is 0 Å². The van der Waals surface area contributed by atoms with Gasteiger partial charge in [-0.1, -0.05) is 12.1 Å². The molecule has 2 aliphatic rings. The molecule has 3 rings (SSSR count). The molecule has 1 aromatic rings. The van der Waals surface area contributed by atoms with E-state index in [4.69, 9.17) is 0 Å². The first kappa shape index (κ1) is 17.7. The zero-order valence-corrected chi connectivity index (χ0v) is 14.5. The quantitative estimate of drug-likeness (QED) is 0.909. The Hall–Kier alpha value is -2.11. The summed E-state index contributed by atoms with van der Waals surface area (Å²) >= 11 is 0. The number of halogens is 1. The lowest BCUT2D eigenvalue weighted by Crippen LogP contribution is -2.49. The lowest BCUT2D eigenvalue weighted by atomic mass is 9.97. The molecule has 0 bridgehead atoms. The van der Waals surface area contributed by atoms with E-state index in [1.165, 1.54) is 12.1 Å². The van der Waals surface area contributed by atoms with Gasteiger partial charge in [-0.2, -0.15) is 0 Å². The number of carbonyl (C=O) groups is 2. The number of rotatable bonds is 4. The molecule has 2 fully saturated rings. The molecule has 6 heteroatoms. The van der Waals surface area contributed by atoms with E-state index in [1.807, 2.05) is 15.9 Å². The lowest BCUT2D eigenvalue weighted by Gasteiger charge is -2.34. The van der Waals surface area contributed by atoms with Crippen molar-refractivity contribution in [3.63, 3.8) is 0 Å². The van der Waals surface area contributed by atoms with Gasteiger partial charge in [0, 0.05) is 32.7 Å². The Bertz CT molecular complexity index is 616. The van der Waals surface area contributed by atoms with Crippen molar-refractivity contribution in [1.82, 2.24) is 15.1 Å². The summed E-state index contributed by atoms with van der Waals surface area (Å²) in [7, 11) is 0. The number of amides is 3. The van der Waals surface area contributed by atoms with Gasteiger partial charge in [-0.15, -0.1) is 0 Å². The van der Waals surface area contributed by atoms with Gasteiger partial charge in [0.15, 0.2) is 0 Å². The van der Waals surface area contributed by atoms with Crippen LogP contribution in [0.1, 0.15) is 31.2 Å². The molecule has 0 spiro atoms. The molecule has 1 aromatic carbocycles. The summed E-state index contributed by atoms with van der Waals surface area (Å²) in [5, 5.41) is 2.94. The molecule has 0 radical (unpaired) electrons. The van der Waals surface area contributed by atoms with E-state index in [0.29, 0.717) is 19.5 Å². The third-order valence-electron chi connectivity index (χ3n) is 5.04. The van der Waals surface area contributed by atoms with Crippen molar-refractivity contribution in [2.75, 3.05) is 32.7 Å². The van der Waals surface area contributed by atoms with Crippen LogP contribution in [-0.2, 0) is 11.2 Å². The number of benzene rings is 1. The third kappa shape index (κ3) is 4.71. The van der Waals surface area contributed by atoms with Gasteiger partial charge in [0.05, 0.1) is 5.92 Å². The Kier molecular flexibility index (Phi) is 5.89. The molecular weight excluding hydrogens is 321 g/mol. The number of nitrogens with zero attached hydrogens (tertiary/aromatic N) is 2. The monoisotopic (exact) mass is 347 g/mol. The van der Waals surface area contributed by atoms with E-state index >= 15 is 0 Å². The summed E-state index contributed by atoms with van der Waals surface area (Å²) in [6.45, 7) is 3.39. The number of hydrogen-bond acceptors (Lipinski definition) is 2. The van der Waals surface area contributed by atoms with Crippen LogP contribution >= 0.6 is 0 Å². The molecule has 136 valence electrons. The summed E-state index contributed by atoms with van der Waals surface area (Å²) in [5.41, 5.74) is 0.870. The minimum absolute atomic E-state index is 0.00433. The number of likely N-dealkylation sites (tertiary alicyclic amines) is 2. The third-order valence-corrected chi connectivity index (χ3v) is 5.04. The Morgan fingerprint density at radius 1 is 1.12 bits per heavy atom. The van der Waals surface area contributed by atoms with Gasteiger partial charge in [0.25, 0.3) is 0 Å². The summed E-state index contributed by atoms with van der Waals surface area (Å²) in [5.74, 6) is -0.407. The normalized spacial score (nSPS) is 20.6. The molecule has 1 atom stereocenters. The fourth-order valence-corrected chi connectivity index (χ4v) is 3.64. The molecule has 0 aliphatic carbocycles.